The number of aromatic nitrogens is 2. The molecule has 1 fully saturated rings. The summed E-state index contributed by atoms with van der Waals surface area (Å²) in [7, 11) is -1.23. The molecule has 4 aromatic carbocycles. The van der Waals surface area contributed by atoms with Crippen molar-refractivity contribution in [2.75, 3.05) is 0 Å². The minimum Gasteiger partial charge on any atom is -0.305 e. The molecule has 5 heteroatoms. The fourth-order valence-corrected chi connectivity index (χ4v) is 8.95. The smallest absolute Gasteiger partial charge is 0.0795 e. The predicted molar refractivity (Wildman–Crippen MR) is 209 cm³/mol. The number of hydrogen-bond acceptors (Lipinski definition) is 3. The average Bonchev–Trinajstić information content (AvgIpc) is 3.51. The van der Waals surface area contributed by atoms with Gasteiger partial charge in [-0.25, -0.2) is 0 Å². The van der Waals surface area contributed by atoms with E-state index < -0.39 is 8.07 Å². The zero-order chi connectivity index (χ0) is 32.9. The molecule has 0 bridgehead atoms. The Morgan fingerprint density at radius 3 is 2.27 bits per heavy atom. The van der Waals surface area contributed by atoms with E-state index in [0.29, 0.717) is 0 Å². The van der Waals surface area contributed by atoms with Crippen LogP contribution in [0, 0.1) is 18.1 Å². The molecule has 3 heterocycles. The third kappa shape index (κ3) is 8.36. The summed E-state index contributed by atoms with van der Waals surface area (Å²) in [4.78, 5) is 9.29. The van der Waals surface area contributed by atoms with E-state index in [4.69, 9.17) is 4.98 Å². The summed E-state index contributed by atoms with van der Waals surface area (Å²) >= 11 is 1.83. The first-order valence-corrected chi connectivity index (χ1v) is 21.6. The molecule has 0 N–H and O–H groups in total. The summed E-state index contributed by atoms with van der Waals surface area (Å²) in [5.41, 5.74) is 8.12. The normalized spacial score (nSPS) is 13.4. The van der Waals surface area contributed by atoms with Crippen molar-refractivity contribution in [2.24, 2.45) is 5.92 Å². The second kappa shape index (κ2) is 15.9. The number of benzene rings is 4. The van der Waals surface area contributed by atoms with Crippen molar-refractivity contribution >= 4 is 44.8 Å². The van der Waals surface area contributed by atoms with Crippen LogP contribution in [0.25, 0.3) is 53.8 Å². The Bertz CT molecular complexity index is 2110. The second-order valence-electron chi connectivity index (χ2n) is 14.0. The SMILES string of the molecule is C[Si](C)(C)c1ccc(-c2[c-]cccc2)nc1.[Ir].[c-]1c(-c2cc(CC3CCCCC3)ccn2)cc(-c2ccccc2)c2c1sc1ccccc12. The van der Waals surface area contributed by atoms with Crippen LogP contribution in [0.15, 0.2) is 122 Å². The molecular weight excluding hydrogens is 809 g/mol. The monoisotopic (exact) mass is 851 g/mol. The summed E-state index contributed by atoms with van der Waals surface area (Å²) < 4.78 is 2.52. The van der Waals surface area contributed by atoms with E-state index in [1.54, 1.807) is 0 Å². The second-order valence-corrected chi connectivity index (χ2v) is 20.1. The molecule has 7 aromatic rings. The molecule has 0 unspecified atom stereocenters. The van der Waals surface area contributed by atoms with Gasteiger partial charge in [0.1, 0.15) is 0 Å². The molecule has 8 rings (SSSR count). The largest absolute Gasteiger partial charge is 0.305 e. The Balaban J connectivity index is 0.000000208. The minimum atomic E-state index is -1.23. The third-order valence-corrected chi connectivity index (χ3v) is 12.6. The summed E-state index contributed by atoms with van der Waals surface area (Å²) in [5, 5.41) is 4.01. The molecule has 0 aliphatic heterocycles. The summed E-state index contributed by atoms with van der Waals surface area (Å²) in [6, 6.07) is 45.4. The Hall–Kier alpha value is -3.73. The fourth-order valence-electron chi connectivity index (χ4n) is 6.78. The van der Waals surface area contributed by atoms with Gasteiger partial charge in [0.15, 0.2) is 0 Å². The average molecular weight is 851 g/mol. The van der Waals surface area contributed by atoms with Crippen LogP contribution in [0.2, 0.25) is 19.6 Å². The van der Waals surface area contributed by atoms with E-state index in [1.165, 1.54) is 80.6 Å². The Labute approximate surface area is 310 Å². The van der Waals surface area contributed by atoms with Crippen LogP contribution in [-0.4, -0.2) is 18.0 Å². The van der Waals surface area contributed by atoms with E-state index in [0.717, 1.165) is 28.4 Å². The van der Waals surface area contributed by atoms with Crippen molar-refractivity contribution in [3.05, 3.63) is 139 Å². The van der Waals surface area contributed by atoms with E-state index in [2.05, 4.69) is 122 Å². The van der Waals surface area contributed by atoms with Gasteiger partial charge in [-0.05, 0) is 56.7 Å². The van der Waals surface area contributed by atoms with Gasteiger partial charge in [-0.1, -0.05) is 135 Å². The maximum atomic E-state index is 4.77. The van der Waals surface area contributed by atoms with Gasteiger partial charge in [0.05, 0.1) is 8.07 Å². The molecule has 1 aliphatic rings. The van der Waals surface area contributed by atoms with Crippen LogP contribution in [0.5, 0.6) is 0 Å². The van der Waals surface area contributed by atoms with Crippen molar-refractivity contribution in [2.45, 2.75) is 58.2 Å². The van der Waals surface area contributed by atoms with Gasteiger partial charge < -0.3 is 9.97 Å². The van der Waals surface area contributed by atoms with E-state index in [1.807, 2.05) is 48.0 Å². The van der Waals surface area contributed by atoms with Gasteiger partial charge in [0, 0.05) is 37.2 Å². The van der Waals surface area contributed by atoms with E-state index in [-0.39, 0.29) is 20.1 Å². The molecule has 49 heavy (non-hydrogen) atoms. The summed E-state index contributed by atoms with van der Waals surface area (Å²) in [5.74, 6) is 0.827. The molecule has 0 amide bonds. The predicted octanol–water partition coefficient (Wildman–Crippen LogP) is 11.8. The molecule has 1 aliphatic carbocycles. The first-order chi connectivity index (χ1) is 23.4. The molecule has 249 valence electrons. The molecule has 0 saturated heterocycles. The maximum Gasteiger partial charge on any atom is 0.0795 e. The van der Waals surface area contributed by atoms with E-state index >= 15 is 0 Å². The molecule has 1 radical (unpaired) electrons. The molecule has 0 atom stereocenters. The number of rotatable bonds is 6. The van der Waals surface area contributed by atoms with Crippen LogP contribution in [-0.2, 0) is 26.5 Å². The molecule has 2 nitrogen and oxygen atoms in total. The number of thiophene rings is 1. The van der Waals surface area contributed by atoms with Crippen LogP contribution in [0.4, 0.5) is 0 Å². The number of fused-ring (bicyclic) bond motifs is 3. The van der Waals surface area contributed by atoms with Crippen molar-refractivity contribution in [3.8, 4) is 33.6 Å². The maximum absolute atomic E-state index is 4.77. The third-order valence-electron chi connectivity index (χ3n) is 9.45. The number of pyridine rings is 2. The fraction of sp³-hybridized carbons (Fsp3) is 0.227. The molecular formula is C44H42IrN2SSi-2. The molecule has 3 aromatic heterocycles. The quantitative estimate of drug-likeness (QED) is 0.123. The standard InChI is InChI=1S/C30H26NS.C14H16NSi.Ir/c1-3-9-21(10-4-1)17-22-15-16-31-27(18-22)24-19-26(23-11-5-2-6-12-23)30-25-13-7-8-14-28(25)32-29(30)20-24;1-16(2,3)13-9-10-14(15-11-13)12-7-5-4-6-8-12;/h2,5-8,11-16,18-19,21H,1,3-4,9-10,17H2;4-7,9-11H,1-3H3;/q2*-1;. The van der Waals surface area contributed by atoms with Crippen molar-refractivity contribution < 1.29 is 20.1 Å². The van der Waals surface area contributed by atoms with Gasteiger partial charge in [0.25, 0.3) is 0 Å². The molecule has 1 saturated carbocycles. The first-order valence-electron chi connectivity index (χ1n) is 17.2. The topological polar surface area (TPSA) is 25.8 Å². The summed E-state index contributed by atoms with van der Waals surface area (Å²) in [6.07, 6.45) is 12.1. The van der Waals surface area contributed by atoms with Crippen molar-refractivity contribution in [1.82, 2.24) is 9.97 Å². The van der Waals surface area contributed by atoms with Gasteiger partial charge in [-0.15, -0.1) is 53.6 Å². The van der Waals surface area contributed by atoms with Crippen molar-refractivity contribution in [3.63, 3.8) is 0 Å². The van der Waals surface area contributed by atoms with Crippen LogP contribution in [0.1, 0.15) is 37.7 Å². The van der Waals surface area contributed by atoms with Crippen LogP contribution < -0.4 is 5.19 Å². The van der Waals surface area contributed by atoms with E-state index in [9.17, 15) is 0 Å². The van der Waals surface area contributed by atoms with Crippen LogP contribution in [0.3, 0.4) is 0 Å². The Morgan fingerprint density at radius 2 is 1.53 bits per heavy atom. The summed E-state index contributed by atoms with van der Waals surface area (Å²) in [6.45, 7) is 7.00. The van der Waals surface area contributed by atoms with Gasteiger partial charge >= 0.3 is 0 Å². The Kier molecular flexibility index (Phi) is 11.4. The van der Waals surface area contributed by atoms with Gasteiger partial charge in [0.2, 0.25) is 0 Å². The number of hydrogen-bond donors (Lipinski definition) is 0. The first kappa shape index (κ1) is 35.1. The Morgan fingerprint density at radius 1 is 0.755 bits per heavy atom. The zero-order valence-electron chi connectivity index (χ0n) is 28.5. The minimum absolute atomic E-state index is 0. The molecule has 0 spiro atoms. The zero-order valence-corrected chi connectivity index (χ0v) is 32.7. The number of nitrogens with zero attached hydrogens (tertiary/aromatic N) is 2. The van der Waals surface area contributed by atoms with Gasteiger partial charge in [-0.2, -0.15) is 11.3 Å². The van der Waals surface area contributed by atoms with Crippen LogP contribution >= 0.6 is 11.3 Å². The van der Waals surface area contributed by atoms with Crippen molar-refractivity contribution in [1.29, 1.82) is 0 Å². The van der Waals surface area contributed by atoms with Gasteiger partial charge in [-0.3, -0.25) is 0 Å².